The second-order valence-electron chi connectivity index (χ2n) is 3.64. The minimum absolute atomic E-state index is 0.0695. The quantitative estimate of drug-likeness (QED) is 0.903. The monoisotopic (exact) mass is 288 g/mol. The summed E-state index contributed by atoms with van der Waals surface area (Å²) in [6, 6.07) is 4.81. The molecule has 90 valence electrons. The van der Waals surface area contributed by atoms with E-state index >= 15 is 0 Å². The molecular weight excluding hydrogens is 271 g/mol. The Morgan fingerprint density at radius 3 is 2.50 bits per heavy atom. The molecule has 1 unspecified atom stereocenters. The molecule has 16 heavy (non-hydrogen) atoms. The summed E-state index contributed by atoms with van der Waals surface area (Å²) in [5.41, 5.74) is 6.71. The summed E-state index contributed by atoms with van der Waals surface area (Å²) in [6.45, 7) is 6.46. The zero-order valence-electron chi connectivity index (χ0n) is 9.71. The molecule has 1 rings (SSSR count). The normalized spacial score (nSPS) is 13.1. The topological polar surface area (TPSA) is 29.3 Å². The van der Waals surface area contributed by atoms with Crippen molar-refractivity contribution in [3.05, 3.63) is 34.1 Å². The van der Waals surface area contributed by atoms with Gasteiger partial charge in [-0.05, 0) is 36.9 Å². The standard InChI is InChI=1S/C12H18BrFN2/c1-3-16(4-2)12(8-15)10-7-9(14)5-6-11(10)13/h5-7,12H,3-4,8,15H2,1-2H3. The highest BCUT2D eigenvalue weighted by Crippen LogP contribution is 2.27. The minimum atomic E-state index is -0.219. The van der Waals surface area contributed by atoms with E-state index in [1.807, 2.05) is 0 Å². The van der Waals surface area contributed by atoms with Crippen LogP contribution in [0, 0.1) is 5.82 Å². The first kappa shape index (κ1) is 13.6. The molecular formula is C12H18BrFN2. The Hall–Kier alpha value is -0.450. The van der Waals surface area contributed by atoms with E-state index in [9.17, 15) is 4.39 Å². The van der Waals surface area contributed by atoms with Gasteiger partial charge in [-0.25, -0.2) is 4.39 Å². The molecule has 0 heterocycles. The van der Waals surface area contributed by atoms with Gasteiger partial charge < -0.3 is 5.73 Å². The fourth-order valence-corrected chi connectivity index (χ4v) is 2.42. The summed E-state index contributed by atoms with van der Waals surface area (Å²) in [4.78, 5) is 2.22. The van der Waals surface area contributed by atoms with Gasteiger partial charge in [0.25, 0.3) is 0 Å². The van der Waals surface area contributed by atoms with Crippen molar-refractivity contribution in [2.24, 2.45) is 5.73 Å². The third kappa shape index (κ3) is 3.03. The van der Waals surface area contributed by atoms with E-state index in [4.69, 9.17) is 5.73 Å². The van der Waals surface area contributed by atoms with Gasteiger partial charge in [-0.3, -0.25) is 4.90 Å². The van der Waals surface area contributed by atoms with Gasteiger partial charge in [-0.15, -0.1) is 0 Å². The highest BCUT2D eigenvalue weighted by Gasteiger charge is 2.19. The smallest absolute Gasteiger partial charge is 0.123 e. The number of likely N-dealkylation sites (N-methyl/N-ethyl adjacent to an activating group) is 1. The first-order valence-corrected chi connectivity index (χ1v) is 6.32. The molecule has 1 atom stereocenters. The minimum Gasteiger partial charge on any atom is -0.329 e. The van der Waals surface area contributed by atoms with Gasteiger partial charge in [0, 0.05) is 17.1 Å². The van der Waals surface area contributed by atoms with Crippen molar-refractivity contribution < 1.29 is 4.39 Å². The number of benzene rings is 1. The van der Waals surface area contributed by atoms with Crippen LogP contribution in [0.1, 0.15) is 25.5 Å². The maximum absolute atomic E-state index is 13.2. The lowest BCUT2D eigenvalue weighted by molar-refractivity contribution is 0.223. The van der Waals surface area contributed by atoms with Crippen LogP contribution in [0.15, 0.2) is 22.7 Å². The molecule has 2 nitrogen and oxygen atoms in total. The van der Waals surface area contributed by atoms with Crippen LogP contribution in [0.25, 0.3) is 0 Å². The molecule has 0 bridgehead atoms. The SMILES string of the molecule is CCN(CC)C(CN)c1cc(F)ccc1Br. The third-order valence-corrected chi connectivity index (χ3v) is 3.52. The van der Waals surface area contributed by atoms with E-state index < -0.39 is 0 Å². The fraction of sp³-hybridized carbons (Fsp3) is 0.500. The number of hydrogen-bond acceptors (Lipinski definition) is 2. The molecule has 0 aromatic heterocycles. The Bertz CT molecular complexity index is 340. The van der Waals surface area contributed by atoms with Gasteiger partial charge in [0.1, 0.15) is 5.82 Å². The van der Waals surface area contributed by atoms with Gasteiger partial charge in [-0.2, -0.15) is 0 Å². The van der Waals surface area contributed by atoms with Gasteiger partial charge in [0.15, 0.2) is 0 Å². The lowest BCUT2D eigenvalue weighted by atomic mass is 10.1. The molecule has 0 amide bonds. The average molecular weight is 289 g/mol. The molecule has 0 aliphatic carbocycles. The summed E-state index contributed by atoms with van der Waals surface area (Å²) in [7, 11) is 0. The Kier molecular flexibility index (Phi) is 5.38. The van der Waals surface area contributed by atoms with Crippen molar-refractivity contribution in [3.8, 4) is 0 Å². The fourth-order valence-electron chi connectivity index (χ4n) is 1.91. The summed E-state index contributed by atoms with van der Waals surface area (Å²) in [6.07, 6.45) is 0. The van der Waals surface area contributed by atoms with Crippen LogP contribution in [0.2, 0.25) is 0 Å². The maximum atomic E-state index is 13.2. The number of nitrogens with two attached hydrogens (primary N) is 1. The summed E-state index contributed by atoms with van der Waals surface area (Å²) in [5, 5.41) is 0. The number of nitrogens with zero attached hydrogens (tertiary/aromatic N) is 1. The Morgan fingerprint density at radius 2 is 2.00 bits per heavy atom. The lowest BCUT2D eigenvalue weighted by Crippen LogP contribution is -2.33. The van der Waals surface area contributed by atoms with Crippen molar-refractivity contribution in [2.45, 2.75) is 19.9 Å². The Morgan fingerprint density at radius 1 is 1.38 bits per heavy atom. The van der Waals surface area contributed by atoms with Crippen molar-refractivity contribution >= 4 is 15.9 Å². The zero-order valence-corrected chi connectivity index (χ0v) is 11.3. The second-order valence-corrected chi connectivity index (χ2v) is 4.49. The van der Waals surface area contributed by atoms with E-state index in [1.165, 1.54) is 6.07 Å². The Balaban J connectivity index is 3.06. The van der Waals surface area contributed by atoms with Crippen LogP contribution in [0.5, 0.6) is 0 Å². The van der Waals surface area contributed by atoms with Gasteiger partial charge in [0.05, 0.1) is 0 Å². The summed E-state index contributed by atoms with van der Waals surface area (Å²) in [5.74, 6) is -0.219. The van der Waals surface area contributed by atoms with Crippen LogP contribution in [-0.4, -0.2) is 24.5 Å². The van der Waals surface area contributed by atoms with E-state index in [-0.39, 0.29) is 11.9 Å². The predicted molar refractivity (Wildman–Crippen MR) is 68.8 cm³/mol. The number of hydrogen-bond donors (Lipinski definition) is 1. The second kappa shape index (κ2) is 6.33. The average Bonchev–Trinajstić information content (AvgIpc) is 2.29. The van der Waals surface area contributed by atoms with Crippen molar-refractivity contribution in [1.29, 1.82) is 0 Å². The number of rotatable bonds is 5. The van der Waals surface area contributed by atoms with Gasteiger partial charge in [0.2, 0.25) is 0 Å². The molecule has 0 aliphatic rings. The molecule has 0 aliphatic heterocycles. The van der Waals surface area contributed by atoms with E-state index in [0.29, 0.717) is 6.54 Å². The van der Waals surface area contributed by atoms with Crippen LogP contribution in [0.3, 0.4) is 0 Å². The highest BCUT2D eigenvalue weighted by molar-refractivity contribution is 9.10. The molecule has 2 N–H and O–H groups in total. The maximum Gasteiger partial charge on any atom is 0.123 e. The van der Waals surface area contributed by atoms with Crippen LogP contribution >= 0.6 is 15.9 Å². The van der Waals surface area contributed by atoms with E-state index in [0.717, 1.165) is 23.1 Å². The number of halogens is 2. The van der Waals surface area contributed by atoms with Crippen LogP contribution < -0.4 is 5.73 Å². The molecule has 0 saturated carbocycles. The highest BCUT2D eigenvalue weighted by atomic mass is 79.9. The van der Waals surface area contributed by atoms with Crippen molar-refractivity contribution in [1.82, 2.24) is 4.90 Å². The molecule has 0 radical (unpaired) electrons. The summed E-state index contributed by atoms with van der Waals surface area (Å²) >= 11 is 3.45. The van der Waals surface area contributed by atoms with E-state index in [2.05, 4.69) is 34.7 Å². The molecule has 4 heteroatoms. The first-order chi connectivity index (χ1) is 7.63. The zero-order chi connectivity index (χ0) is 12.1. The van der Waals surface area contributed by atoms with Gasteiger partial charge >= 0.3 is 0 Å². The van der Waals surface area contributed by atoms with Crippen LogP contribution in [-0.2, 0) is 0 Å². The molecule has 1 aromatic rings. The molecule has 0 saturated heterocycles. The predicted octanol–water partition coefficient (Wildman–Crippen LogP) is 2.93. The lowest BCUT2D eigenvalue weighted by Gasteiger charge is -2.29. The van der Waals surface area contributed by atoms with E-state index in [1.54, 1.807) is 12.1 Å². The van der Waals surface area contributed by atoms with Gasteiger partial charge in [-0.1, -0.05) is 29.8 Å². The first-order valence-electron chi connectivity index (χ1n) is 5.53. The largest absolute Gasteiger partial charge is 0.329 e. The molecule has 1 aromatic carbocycles. The van der Waals surface area contributed by atoms with Crippen molar-refractivity contribution in [3.63, 3.8) is 0 Å². The summed E-state index contributed by atoms with van der Waals surface area (Å²) < 4.78 is 14.1. The molecule has 0 fully saturated rings. The molecule has 0 spiro atoms. The van der Waals surface area contributed by atoms with Crippen molar-refractivity contribution in [2.75, 3.05) is 19.6 Å². The third-order valence-electron chi connectivity index (χ3n) is 2.79. The Labute approximate surface area is 105 Å². The van der Waals surface area contributed by atoms with Crippen LogP contribution in [0.4, 0.5) is 4.39 Å².